The van der Waals surface area contributed by atoms with Crippen LogP contribution in [0.25, 0.3) is 0 Å². The maximum absolute atomic E-state index is 12.5. The van der Waals surface area contributed by atoms with Crippen molar-refractivity contribution in [3.05, 3.63) is 29.6 Å². The smallest absolute Gasteiger partial charge is 0.870 e. The Hall–Kier alpha value is -1.40. The van der Waals surface area contributed by atoms with Crippen molar-refractivity contribution in [1.29, 1.82) is 0 Å². The molecule has 0 radical (unpaired) electrons. The van der Waals surface area contributed by atoms with Crippen molar-refractivity contribution in [2.75, 3.05) is 7.11 Å². The van der Waals surface area contributed by atoms with Crippen LogP contribution in [0.4, 0.5) is 4.39 Å². The number of hydrogen-bond donors (Lipinski definition) is 0. The van der Waals surface area contributed by atoms with Crippen molar-refractivity contribution < 1.29 is 24.9 Å². The molecule has 0 aliphatic heterocycles. The molecule has 2 N–H and O–H groups in total. The number of carbonyl (C=O) groups is 1. The second kappa shape index (κ2) is 6.12. The molecule has 14 heavy (non-hydrogen) atoms. The molecule has 0 saturated heterocycles. The van der Waals surface area contributed by atoms with Gasteiger partial charge in [-0.3, -0.25) is 0 Å². The van der Waals surface area contributed by atoms with Gasteiger partial charge >= 0.3 is 69.9 Å². The number of hydrogen-bond acceptors (Lipinski definition) is 4. The summed E-state index contributed by atoms with van der Waals surface area (Å²) in [6, 6.07) is 3.52. The van der Waals surface area contributed by atoms with Gasteiger partial charge in [0.05, 0.1) is 0 Å². The molecule has 4 nitrogen and oxygen atoms in total. The van der Waals surface area contributed by atoms with Gasteiger partial charge in [-0.2, -0.15) is 0 Å². The zero-order chi connectivity index (χ0) is 9.14. The van der Waals surface area contributed by atoms with Crippen LogP contribution in [0.1, 0.15) is 10.4 Å². The summed E-state index contributed by atoms with van der Waals surface area (Å²) in [5, 5.41) is 0. The molecule has 0 spiro atoms. The fourth-order valence-electron chi connectivity index (χ4n) is 0.829. The van der Waals surface area contributed by atoms with Crippen molar-refractivity contribution in [2.24, 2.45) is 0 Å². The molecule has 0 bridgehead atoms. The van der Waals surface area contributed by atoms with Gasteiger partial charge in [0, 0.05) is 0 Å². The van der Waals surface area contributed by atoms with Crippen LogP contribution in [-0.2, 0) is 4.74 Å². The molecule has 1 aromatic rings. The van der Waals surface area contributed by atoms with Crippen LogP contribution in [0.5, 0.6) is 0 Å². The third-order valence-corrected chi connectivity index (χ3v) is 1.42. The molecular formula is C8H8BFO4. The summed E-state index contributed by atoms with van der Waals surface area (Å²) in [5.74, 6) is -1.03. The number of esters is 1. The average Bonchev–Trinajstić information content (AvgIpc) is 2.03. The van der Waals surface area contributed by atoms with Gasteiger partial charge in [0.2, 0.25) is 0 Å². The van der Waals surface area contributed by atoms with E-state index in [1.54, 1.807) is 0 Å². The molecule has 74 valence electrons. The van der Waals surface area contributed by atoms with E-state index in [9.17, 15) is 9.18 Å². The molecule has 0 heterocycles. The molecule has 0 aliphatic carbocycles. The molecule has 0 saturated carbocycles. The Morgan fingerprint density at radius 3 is 2.43 bits per heavy atom. The number of halogens is 1. The molecule has 1 rings (SSSR count). The number of ether oxygens (including phenoxy) is 1. The van der Waals surface area contributed by atoms with E-state index in [1.807, 2.05) is 0 Å². The zero-order valence-electron chi connectivity index (χ0n) is 7.40. The van der Waals surface area contributed by atoms with Crippen LogP contribution in [0, 0.1) is 5.82 Å². The van der Waals surface area contributed by atoms with E-state index in [2.05, 4.69) is 4.74 Å². The zero-order valence-corrected chi connectivity index (χ0v) is 7.40. The Bertz CT molecular complexity index is 316. The van der Waals surface area contributed by atoms with E-state index in [1.165, 1.54) is 13.2 Å². The molecule has 0 amide bonds. The Morgan fingerprint density at radius 2 is 2.00 bits per heavy atom. The van der Waals surface area contributed by atoms with Gasteiger partial charge in [-0.25, -0.2) is 0 Å². The number of benzene rings is 1. The Morgan fingerprint density at radius 1 is 1.43 bits per heavy atom. The monoisotopic (exact) mass is 198 g/mol. The normalized spacial score (nSPS) is 8.29. The standard InChI is InChI=1S/C8H6BFO2.2H2O/c1-12-8(11)6-3-2-5(10)4-7(6)9;;/h2-4H,1H3;2*1H2/q+2;;/p-2. The molecule has 1 aromatic carbocycles. The van der Waals surface area contributed by atoms with Gasteiger partial charge in [-0.05, 0) is 0 Å². The minimum absolute atomic E-state index is 0. The maximum Gasteiger partial charge on any atom is -0.870 e. The van der Waals surface area contributed by atoms with Gasteiger partial charge in [0.25, 0.3) is 0 Å². The van der Waals surface area contributed by atoms with Gasteiger partial charge in [-0.1, -0.05) is 0 Å². The number of carbonyl (C=O) groups excluding carboxylic acids is 1. The molecular weight excluding hydrogens is 190 g/mol. The molecule has 0 aliphatic rings. The largest absolute Gasteiger partial charge is 0.870 e. The molecule has 6 heteroatoms. The van der Waals surface area contributed by atoms with Crippen LogP contribution >= 0.6 is 0 Å². The maximum atomic E-state index is 12.5. The predicted octanol–water partition coefficient (Wildman–Crippen LogP) is 0.0525. The van der Waals surface area contributed by atoms with Gasteiger partial charge in [0.1, 0.15) is 0 Å². The minimum Gasteiger partial charge on any atom is -0.870 e. The van der Waals surface area contributed by atoms with Crippen molar-refractivity contribution in [3.8, 4) is 0 Å². The summed E-state index contributed by atoms with van der Waals surface area (Å²) < 4.78 is 16.9. The Balaban J connectivity index is 0. The van der Waals surface area contributed by atoms with Crippen LogP contribution < -0.4 is 5.46 Å². The summed E-state index contributed by atoms with van der Waals surface area (Å²) >= 11 is 0. The van der Waals surface area contributed by atoms with E-state index in [4.69, 9.17) is 7.85 Å². The van der Waals surface area contributed by atoms with E-state index in [0.29, 0.717) is 0 Å². The van der Waals surface area contributed by atoms with Crippen LogP contribution in [0.2, 0.25) is 0 Å². The SMILES string of the molecule is [B+2]c1cc(F)ccc1C(=O)OC.[OH-].[OH-]. The van der Waals surface area contributed by atoms with E-state index in [0.717, 1.165) is 12.1 Å². The molecule has 0 aromatic heterocycles. The second-order valence-electron chi connectivity index (χ2n) is 2.22. The minimum atomic E-state index is -0.563. The average molecular weight is 198 g/mol. The summed E-state index contributed by atoms with van der Waals surface area (Å²) in [4.78, 5) is 10.9. The van der Waals surface area contributed by atoms with E-state index in [-0.39, 0.29) is 22.0 Å². The first-order valence-corrected chi connectivity index (χ1v) is 3.28. The first-order valence-electron chi connectivity index (χ1n) is 3.28. The second-order valence-corrected chi connectivity index (χ2v) is 2.22. The molecule has 0 fully saturated rings. The quantitative estimate of drug-likeness (QED) is 0.471. The summed E-state index contributed by atoms with van der Waals surface area (Å²) in [6.45, 7) is 0. The Kier molecular flexibility index (Phi) is 6.60. The van der Waals surface area contributed by atoms with Crippen LogP contribution in [0.15, 0.2) is 18.2 Å². The fourth-order valence-corrected chi connectivity index (χ4v) is 0.829. The number of rotatable bonds is 1. The van der Waals surface area contributed by atoms with Crippen molar-refractivity contribution >= 4 is 19.3 Å². The first kappa shape index (κ1) is 15.1. The first-order chi connectivity index (χ1) is 5.65. The van der Waals surface area contributed by atoms with Crippen LogP contribution in [-0.4, -0.2) is 31.9 Å². The van der Waals surface area contributed by atoms with E-state index >= 15 is 0 Å². The third kappa shape index (κ3) is 3.16. The Labute approximate surface area is 81.7 Å². The van der Waals surface area contributed by atoms with Crippen molar-refractivity contribution in [3.63, 3.8) is 0 Å². The van der Waals surface area contributed by atoms with Gasteiger partial charge in [-0.15, -0.1) is 0 Å². The van der Waals surface area contributed by atoms with Crippen molar-refractivity contribution in [2.45, 2.75) is 0 Å². The fraction of sp³-hybridized carbons (Fsp3) is 0.125. The van der Waals surface area contributed by atoms with Gasteiger partial charge < -0.3 is 11.0 Å². The van der Waals surface area contributed by atoms with Crippen molar-refractivity contribution in [1.82, 2.24) is 0 Å². The summed E-state index contributed by atoms with van der Waals surface area (Å²) in [6.07, 6.45) is 0. The van der Waals surface area contributed by atoms with Crippen LogP contribution in [0.3, 0.4) is 0 Å². The van der Waals surface area contributed by atoms with E-state index < -0.39 is 11.8 Å². The molecule has 0 atom stereocenters. The summed E-state index contributed by atoms with van der Waals surface area (Å²) in [7, 11) is 6.60. The molecule has 0 unspecified atom stereocenters. The number of methoxy groups -OCH3 is 1. The topological polar surface area (TPSA) is 86.3 Å². The van der Waals surface area contributed by atoms with Gasteiger partial charge in [0.15, 0.2) is 0 Å². The third-order valence-electron chi connectivity index (χ3n) is 1.42. The predicted molar refractivity (Wildman–Crippen MR) is 47.0 cm³/mol. The summed E-state index contributed by atoms with van der Waals surface area (Å²) in [5.41, 5.74) is 0.265.